The van der Waals surface area contributed by atoms with E-state index in [0.29, 0.717) is 16.9 Å². The summed E-state index contributed by atoms with van der Waals surface area (Å²) in [5.41, 5.74) is 1.65. The Morgan fingerprint density at radius 2 is 1.24 bits per heavy atom. The topological polar surface area (TPSA) is 40.6 Å². The Labute approximate surface area is 204 Å². The number of hydrogen-bond donors (Lipinski definition) is 0. The summed E-state index contributed by atoms with van der Waals surface area (Å²) < 4.78 is 19.0. The molecule has 6 heteroatoms. The number of hydrogen-bond acceptors (Lipinski definition) is 4. The molecule has 0 aliphatic rings. The average Bonchev–Trinajstić information content (AvgIpc) is 2.87. The van der Waals surface area contributed by atoms with Gasteiger partial charge in [0.25, 0.3) is 8.38 Å². The van der Waals surface area contributed by atoms with Gasteiger partial charge in [-0.3, -0.25) is 4.98 Å². The van der Waals surface area contributed by atoms with Crippen molar-refractivity contribution in [2.24, 2.45) is 0 Å². The number of aromatic nitrogens is 1. The first-order chi connectivity index (χ1) is 16.7. The molecule has 0 atom stereocenters. The van der Waals surface area contributed by atoms with Crippen LogP contribution in [0.25, 0.3) is 10.9 Å². The first-order valence-electron chi connectivity index (χ1n) is 10.8. The molecule has 0 amide bonds. The maximum Gasteiger partial charge on any atom is 0.295 e. The molecule has 0 aliphatic heterocycles. The minimum Gasteiger partial charge on any atom is -0.456 e. The highest BCUT2D eigenvalue weighted by molar-refractivity contribution is 7.47. The Hall–Kier alpha value is -3.59. The van der Waals surface area contributed by atoms with Gasteiger partial charge in [-0.25, -0.2) is 0 Å². The van der Waals surface area contributed by atoms with Crippen molar-refractivity contribution < 1.29 is 13.8 Å². The van der Waals surface area contributed by atoms with Crippen LogP contribution in [-0.2, 0) is 6.16 Å². The van der Waals surface area contributed by atoms with E-state index in [1.54, 1.807) is 0 Å². The predicted octanol–water partition coefficient (Wildman–Crippen LogP) is 8.65. The van der Waals surface area contributed by atoms with Crippen molar-refractivity contribution in [1.82, 2.24) is 4.98 Å². The van der Waals surface area contributed by atoms with Crippen LogP contribution in [0.15, 0.2) is 115 Å². The lowest BCUT2D eigenvalue weighted by Crippen LogP contribution is -2.02. The van der Waals surface area contributed by atoms with Crippen molar-refractivity contribution >= 4 is 30.9 Å². The first kappa shape index (κ1) is 22.2. The number of pyridine rings is 1. The van der Waals surface area contributed by atoms with Crippen LogP contribution in [-0.4, -0.2) is 4.98 Å². The van der Waals surface area contributed by atoms with Crippen LogP contribution < -0.4 is 13.8 Å². The average molecular weight is 486 g/mol. The van der Waals surface area contributed by atoms with Crippen LogP contribution in [0.1, 0.15) is 5.56 Å². The zero-order valence-corrected chi connectivity index (χ0v) is 19.8. The Balaban J connectivity index is 1.53. The van der Waals surface area contributed by atoms with Gasteiger partial charge >= 0.3 is 0 Å². The van der Waals surface area contributed by atoms with Crippen molar-refractivity contribution in [3.8, 4) is 23.0 Å². The molecule has 168 valence electrons. The molecular formula is C28H21ClNO3P. The number of rotatable bonds is 8. The molecule has 0 fully saturated rings. The molecule has 0 spiro atoms. The molecule has 0 saturated carbocycles. The summed E-state index contributed by atoms with van der Waals surface area (Å²) in [5.74, 6) is 2.95. The minimum atomic E-state index is -1.39. The maximum absolute atomic E-state index is 6.38. The second-order valence-corrected chi connectivity index (χ2v) is 9.27. The summed E-state index contributed by atoms with van der Waals surface area (Å²) in [4.78, 5) is 4.65. The van der Waals surface area contributed by atoms with Crippen LogP contribution in [0.4, 0.5) is 0 Å². The Morgan fingerprint density at radius 1 is 0.676 bits per heavy atom. The van der Waals surface area contributed by atoms with E-state index in [9.17, 15) is 0 Å². The molecule has 0 radical (unpaired) electrons. The zero-order valence-electron chi connectivity index (χ0n) is 18.2. The highest BCUT2D eigenvalue weighted by atomic mass is 35.5. The van der Waals surface area contributed by atoms with E-state index < -0.39 is 8.38 Å². The molecule has 4 aromatic carbocycles. The number of halogens is 1. The molecule has 1 heterocycles. The van der Waals surface area contributed by atoms with Crippen molar-refractivity contribution in [3.63, 3.8) is 0 Å². The first-order valence-corrected chi connectivity index (χ1v) is 12.5. The number of benzene rings is 4. The fraction of sp³-hybridized carbons (Fsp3) is 0.0357. The highest BCUT2D eigenvalue weighted by Gasteiger charge is 2.21. The molecule has 5 rings (SSSR count). The van der Waals surface area contributed by atoms with E-state index >= 15 is 0 Å². The highest BCUT2D eigenvalue weighted by Crippen LogP contribution is 2.46. The van der Waals surface area contributed by atoms with Crippen molar-refractivity contribution in [2.45, 2.75) is 6.16 Å². The second-order valence-electron chi connectivity index (χ2n) is 7.49. The Morgan fingerprint density at radius 3 is 1.82 bits per heavy atom. The summed E-state index contributed by atoms with van der Waals surface area (Å²) in [7, 11) is -1.39. The van der Waals surface area contributed by atoms with Gasteiger partial charge < -0.3 is 13.8 Å². The minimum absolute atomic E-state index is 0.479. The molecule has 5 aromatic rings. The van der Waals surface area contributed by atoms with Crippen LogP contribution in [0, 0.1) is 0 Å². The quantitative estimate of drug-likeness (QED) is 0.206. The van der Waals surface area contributed by atoms with Gasteiger partial charge in [0, 0.05) is 22.2 Å². The molecular weight excluding hydrogens is 465 g/mol. The van der Waals surface area contributed by atoms with Gasteiger partial charge in [-0.2, -0.15) is 0 Å². The molecule has 0 unspecified atom stereocenters. The van der Waals surface area contributed by atoms with E-state index in [0.717, 1.165) is 33.7 Å². The summed E-state index contributed by atoms with van der Waals surface area (Å²) in [6.45, 7) is 0. The third-order valence-electron chi connectivity index (χ3n) is 5.02. The van der Waals surface area contributed by atoms with Gasteiger partial charge in [-0.1, -0.05) is 66.2 Å². The van der Waals surface area contributed by atoms with Crippen LogP contribution >= 0.6 is 20.0 Å². The fourth-order valence-electron chi connectivity index (χ4n) is 3.44. The molecule has 0 N–H and O–H groups in total. The zero-order chi connectivity index (χ0) is 23.2. The predicted molar refractivity (Wildman–Crippen MR) is 138 cm³/mol. The molecule has 0 saturated heterocycles. The summed E-state index contributed by atoms with van der Waals surface area (Å²) in [6.07, 6.45) is 2.29. The van der Waals surface area contributed by atoms with Crippen LogP contribution in [0.2, 0.25) is 5.02 Å². The van der Waals surface area contributed by atoms with E-state index in [2.05, 4.69) is 4.98 Å². The normalized spacial score (nSPS) is 10.9. The molecule has 1 aromatic heterocycles. The van der Waals surface area contributed by atoms with Gasteiger partial charge in [0.2, 0.25) is 0 Å². The van der Waals surface area contributed by atoms with Crippen molar-refractivity contribution in [3.05, 3.63) is 126 Å². The second kappa shape index (κ2) is 10.6. The Kier molecular flexibility index (Phi) is 6.90. The van der Waals surface area contributed by atoms with Crippen LogP contribution in [0.5, 0.6) is 23.0 Å². The lowest BCUT2D eigenvalue weighted by molar-refractivity contribution is 0.473. The number of fused-ring (bicyclic) bond motifs is 1. The Bertz CT molecular complexity index is 1330. The monoisotopic (exact) mass is 485 g/mol. The van der Waals surface area contributed by atoms with Crippen molar-refractivity contribution in [2.75, 3.05) is 0 Å². The molecule has 0 bridgehead atoms. The largest absolute Gasteiger partial charge is 0.456 e. The summed E-state index contributed by atoms with van der Waals surface area (Å²) >= 11 is 6.22. The van der Waals surface area contributed by atoms with Crippen molar-refractivity contribution in [1.29, 1.82) is 0 Å². The van der Waals surface area contributed by atoms with E-state index in [1.807, 2.05) is 115 Å². The summed E-state index contributed by atoms with van der Waals surface area (Å²) in [6, 6.07) is 34.7. The van der Waals surface area contributed by atoms with E-state index in [4.69, 9.17) is 25.4 Å². The number of nitrogens with zero attached hydrogens (tertiary/aromatic N) is 1. The van der Waals surface area contributed by atoms with E-state index in [1.165, 1.54) is 0 Å². The third kappa shape index (κ3) is 5.48. The standard InChI is InChI=1S/C28H21ClNO3P/c29-22-16-17-26-27(18-22)30-19-21(28(26)31-23-10-4-1-5-11-23)20-34(32-24-12-6-2-7-13-24)33-25-14-8-3-9-15-25/h1-19H,20H2. The van der Waals surface area contributed by atoms with E-state index in [-0.39, 0.29) is 0 Å². The summed E-state index contributed by atoms with van der Waals surface area (Å²) in [5, 5.41) is 1.50. The van der Waals surface area contributed by atoms with Gasteiger partial charge in [-0.15, -0.1) is 0 Å². The van der Waals surface area contributed by atoms with Crippen LogP contribution in [0.3, 0.4) is 0 Å². The van der Waals surface area contributed by atoms with Gasteiger partial charge in [0.15, 0.2) is 0 Å². The SMILES string of the molecule is Clc1ccc2c(Oc3ccccc3)c(CP(Oc3ccccc3)Oc3ccccc3)cnc2c1. The molecule has 34 heavy (non-hydrogen) atoms. The molecule has 4 nitrogen and oxygen atoms in total. The lowest BCUT2D eigenvalue weighted by atomic mass is 10.1. The fourth-order valence-corrected chi connectivity index (χ4v) is 4.99. The number of para-hydroxylation sites is 3. The maximum atomic E-state index is 6.38. The molecule has 0 aliphatic carbocycles. The number of ether oxygens (including phenoxy) is 1. The van der Waals surface area contributed by atoms with Gasteiger partial charge in [-0.05, 0) is 54.6 Å². The third-order valence-corrected chi connectivity index (χ3v) is 6.68. The lowest BCUT2D eigenvalue weighted by Gasteiger charge is -2.21. The van der Waals surface area contributed by atoms with Gasteiger partial charge in [0.05, 0.1) is 11.7 Å². The smallest absolute Gasteiger partial charge is 0.295 e. The van der Waals surface area contributed by atoms with Gasteiger partial charge in [0.1, 0.15) is 23.0 Å².